The molecule has 1 fully saturated rings. The number of para-hydroxylation sites is 1. The highest BCUT2D eigenvalue weighted by Crippen LogP contribution is 2.19. The molecule has 2 rings (SSSR count). The lowest BCUT2D eigenvalue weighted by atomic mass is 9.99. The maximum absolute atomic E-state index is 12.3. The molecule has 0 aliphatic carbocycles. The van der Waals surface area contributed by atoms with E-state index >= 15 is 0 Å². The Morgan fingerprint density at radius 2 is 2.25 bits per heavy atom. The summed E-state index contributed by atoms with van der Waals surface area (Å²) in [6, 6.07) is 7.71. The van der Waals surface area contributed by atoms with E-state index in [-0.39, 0.29) is 5.91 Å². The normalized spacial score (nSPS) is 18.6. The van der Waals surface area contributed by atoms with E-state index in [1.54, 1.807) is 7.11 Å². The highest BCUT2D eigenvalue weighted by Gasteiger charge is 2.18. The molecular formula is C16H24N2O2. The number of rotatable bonds is 5. The first-order chi connectivity index (χ1) is 9.70. The Bertz CT molecular complexity index is 442. The van der Waals surface area contributed by atoms with Crippen molar-refractivity contribution in [1.82, 2.24) is 10.2 Å². The van der Waals surface area contributed by atoms with Gasteiger partial charge in [-0.1, -0.05) is 18.2 Å². The third-order valence-electron chi connectivity index (χ3n) is 3.89. The number of piperidine rings is 1. The topological polar surface area (TPSA) is 41.6 Å². The first-order valence-corrected chi connectivity index (χ1v) is 7.27. The Hall–Kier alpha value is -1.55. The Morgan fingerprint density at radius 1 is 1.45 bits per heavy atom. The number of ether oxygens (including phenoxy) is 1. The second kappa shape index (κ2) is 7.29. The standard InChI is InChI=1S/C16H24N2O2/c1-18(12-13-6-5-9-17-11-13)16(19)10-14-7-3-4-8-15(14)20-2/h3-4,7-8,13,17H,5-6,9-12H2,1-2H3. The molecule has 1 atom stereocenters. The van der Waals surface area contributed by atoms with Crippen molar-refractivity contribution in [3.8, 4) is 5.75 Å². The number of nitrogens with zero attached hydrogens (tertiary/aromatic N) is 1. The summed E-state index contributed by atoms with van der Waals surface area (Å²) < 4.78 is 5.30. The van der Waals surface area contributed by atoms with E-state index in [1.165, 1.54) is 12.8 Å². The van der Waals surface area contributed by atoms with Crippen LogP contribution < -0.4 is 10.1 Å². The molecule has 1 amide bonds. The third-order valence-corrected chi connectivity index (χ3v) is 3.89. The summed E-state index contributed by atoms with van der Waals surface area (Å²) in [5, 5.41) is 3.39. The van der Waals surface area contributed by atoms with Gasteiger partial charge in [-0.2, -0.15) is 0 Å². The van der Waals surface area contributed by atoms with E-state index in [0.717, 1.165) is 30.9 Å². The zero-order chi connectivity index (χ0) is 14.4. The van der Waals surface area contributed by atoms with E-state index in [9.17, 15) is 4.79 Å². The van der Waals surface area contributed by atoms with Crippen LogP contribution in [0.5, 0.6) is 5.75 Å². The number of nitrogens with one attached hydrogen (secondary N) is 1. The van der Waals surface area contributed by atoms with Crippen LogP contribution in [0.25, 0.3) is 0 Å². The molecule has 110 valence electrons. The van der Waals surface area contributed by atoms with Gasteiger partial charge in [-0.3, -0.25) is 4.79 Å². The Labute approximate surface area is 121 Å². The number of methoxy groups -OCH3 is 1. The molecule has 0 radical (unpaired) electrons. The number of hydrogen-bond acceptors (Lipinski definition) is 3. The van der Waals surface area contributed by atoms with Crippen molar-refractivity contribution in [3.05, 3.63) is 29.8 Å². The lowest BCUT2D eigenvalue weighted by Crippen LogP contribution is -2.39. The third kappa shape index (κ3) is 3.97. The molecule has 4 nitrogen and oxygen atoms in total. The molecule has 0 saturated carbocycles. The second-order valence-corrected chi connectivity index (χ2v) is 5.48. The minimum Gasteiger partial charge on any atom is -0.496 e. The molecule has 0 bridgehead atoms. The lowest BCUT2D eigenvalue weighted by molar-refractivity contribution is -0.129. The Kier molecular flexibility index (Phi) is 5.41. The van der Waals surface area contributed by atoms with Crippen LogP contribution in [0.1, 0.15) is 18.4 Å². The number of hydrogen-bond donors (Lipinski definition) is 1. The minimum absolute atomic E-state index is 0.153. The Balaban J connectivity index is 1.90. The molecule has 0 spiro atoms. The zero-order valence-electron chi connectivity index (χ0n) is 12.4. The van der Waals surface area contributed by atoms with Gasteiger partial charge in [-0.25, -0.2) is 0 Å². The molecule has 1 saturated heterocycles. The second-order valence-electron chi connectivity index (χ2n) is 5.48. The van der Waals surface area contributed by atoms with Gasteiger partial charge >= 0.3 is 0 Å². The molecule has 1 aromatic carbocycles. The van der Waals surface area contributed by atoms with Crippen LogP contribution in [0.4, 0.5) is 0 Å². The fraction of sp³-hybridized carbons (Fsp3) is 0.562. The molecule has 1 aliphatic heterocycles. The van der Waals surface area contributed by atoms with Crippen LogP contribution in [0.2, 0.25) is 0 Å². The summed E-state index contributed by atoms with van der Waals surface area (Å²) in [5.41, 5.74) is 0.952. The molecule has 1 aliphatic rings. The van der Waals surface area contributed by atoms with Crippen LogP contribution in [0.3, 0.4) is 0 Å². The maximum atomic E-state index is 12.3. The van der Waals surface area contributed by atoms with Crippen molar-refractivity contribution in [2.24, 2.45) is 5.92 Å². The van der Waals surface area contributed by atoms with Gasteiger partial charge < -0.3 is 15.0 Å². The molecule has 1 heterocycles. The fourth-order valence-corrected chi connectivity index (χ4v) is 2.72. The molecule has 1 N–H and O–H groups in total. The minimum atomic E-state index is 0.153. The SMILES string of the molecule is COc1ccccc1CC(=O)N(C)CC1CCCNC1. The quantitative estimate of drug-likeness (QED) is 0.890. The van der Waals surface area contributed by atoms with Crippen molar-refractivity contribution >= 4 is 5.91 Å². The predicted molar refractivity (Wildman–Crippen MR) is 79.9 cm³/mol. The van der Waals surface area contributed by atoms with E-state index in [4.69, 9.17) is 4.74 Å². The van der Waals surface area contributed by atoms with E-state index in [1.807, 2.05) is 36.2 Å². The van der Waals surface area contributed by atoms with Crippen LogP contribution in [-0.4, -0.2) is 44.6 Å². The van der Waals surface area contributed by atoms with E-state index < -0.39 is 0 Å². The number of benzene rings is 1. The van der Waals surface area contributed by atoms with Crippen LogP contribution in [-0.2, 0) is 11.2 Å². The van der Waals surface area contributed by atoms with E-state index in [2.05, 4.69) is 5.32 Å². The van der Waals surface area contributed by atoms with Crippen LogP contribution >= 0.6 is 0 Å². The average Bonchev–Trinajstić information content (AvgIpc) is 2.48. The first-order valence-electron chi connectivity index (χ1n) is 7.27. The number of carbonyl (C=O) groups is 1. The van der Waals surface area contributed by atoms with Gasteiger partial charge in [0.25, 0.3) is 0 Å². The molecule has 1 aromatic rings. The largest absolute Gasteiger partial charge is 0.496 e. The first kappa shape index (κ1) is 14.9. The van der Waals surface area contributed by atoms with Crippen molar-refractivity contribution < 1.29 is 9.53 Å². The summed E-state index contributed by atoms with van der Waals surface area (Å²) in [6.45, 7) is 2.96. The van der Waals surface area contributed by atoms with Gasteiger partial charge in [-0.15, -0.1) is 0 Å². The smallest absolute Gasteiger partial charge is 0.226 e. The number of likely N-dealkylation sites (N-methyl/N-ethyl adjacent to an activating group) is 1. The Morgan fingerprint density at radius 3 is 2.95 bits per heavy atom. The van der Waals surface area contributed by atoms with Gasteiger partial charge in [0.2, 0.25) is 5.91 Å². The van der Waals surface area contributed by atoms with Gasteiger partial charge in [0.05, 0.1) is 13.5 Å². The van der Waals surface area contributed by atoms with E-state index in [0.29, 0.717) is 12.3 Å². The molecule has 4 heteroatoms. The summed E-state index contributed by atoms with van der Waals surface area (Å²) in [6.07, 6.45) is 2.82. The van der Waals surface area contributed by atoms with Crippen molar-refractivity contribution in [1.29, 1.82) is 0 Å². The van der Waals surface area contributed by atoms with Gasteiger partial charge in [0, 0.05) is 19.2 Å². The fourth-order valence-electron chi connectivity index (χ4n) is 2.72. The van der Waals surface area contributed by atoms with Gasteiger partial charge in [-0.05, 0) is 37.9 Å². The zero-order valence-corrected chi connectivity index (χ0v) is 12.4. The molecular weight excluding hydrogens is 252 g/mol. The highest BCUT2D eigenvalue weighted by atomic mass is 16.5. The van der Waals surface area contributed by atoms with Crippen molar-refractivity contribution in [2.45, 2.75) is 19.3 Å². The molecule has 20 heavy (non-hydrogen) atoms. The summed E-state index contributed by atoms with van der Waals surface area (Å²) in [7, 11) is 3.53. The number of amides is 1. The lowest BCUT2D eigenvalue weighted by Gasteiger charge is -2.27. The van der Waals surface area contributed by atoms with Crippen molar-refractivity contribution in [3.63, 3.8) is 0 Å². The maximum Gasteiger partial charge on any atom is 0.226 e. The van der Waals surface area contributed by atoms with Gasteiger partial charge in [0.15, 0.2) is 0 Å². The summed E-state index contributed by atoms with van der Waals surface area (Å²) in [5.74, 6) is 1.52. The van der Waals surface area contributed by atoms with Crippen LogP contribution in [0, 0.1) is 5.92 Å². The van der Waals surface area contributed by atoms with Crippen molar-refractivity contribution in [2.75, 3.05) is 33.8 Å². The van der Waals surface area contributed by atoms with Crippen LogP contribution in [0.15, 0.2) is 24.3 Å². The average molecular weight is 276 g/mol. The molecule has 1 unspecified atom stereocenters. The summed E-state index contributed by atoms with van der Waals surface area (Å²) in [4.78, 5) is 14.2. The predicted octanol–water partition coefficient (Wildman–Crippen LogP) is 1.70. The van der Waals surface area contributed by atoms with Gasteiger partial charge in [0.1, 0.15) is 5.75 Å². The summed E-state index contributed by atoms with van der Waals surface area (Å²) >= 11 is 0. The number of carbonyl (C=O) groups excluding carboxylic acids is 1. The highest BCUT2D eigenvalue weighted by molar-refractivity contribution is 5.79. The molecule has 0 aromatic heterocycles. The monoisotopic (exact) mass is 276 g/mol.